The fraction of sp³-hybridized carbons (Fsp3) is 0.207. The van der Waals surface area contributed by atoms with Gasteiger partial charge in [0, 0.05) is 63.9 Å². The van der Waals surface area contributed by atoms with Crippen LogP contribution in [0, 0.1) is 0 Å². The number of anilines is 2. The molecule has 0 aliphatic carbocycles. The molecule has 0 unspecified atom stereocenters. The molecule has 8 nitrogen and oxygen atoms in total. The second kappa shape index (κ2) is 9.81. The van der Waals surface area contributed by atoms with Gasteiger partial charge in [0.1, 0.15) is 11.5 Å². The number of Topliss-reactive ketones (excluding diaryl/α,β-unsaturated/α-hetero) is 1. The lowest BCUT2D eigenvalue weighted by Gasteiger charge is -2.36. The standard InChI is InChI=1S/C29H27N7O/c1-34-13-10-26(33-34)28(37)18-21-2-4-22(5-3-21)23-6-7-25-27(19-23)32-29(20-31-25)36-16-14-35(15-17-36)24-8-11-30-12-9-24/h2-13,19-20H,14-18H2,1H3. The number of aromatic nitrogens is 5. The van der Waals surface area contributed by atoms with Crippen molar-refractivity contribution in [3.8, 4) is 11.1 Å². The third-order valence-electron chi connectivity index (χ3n) is 6.81. The van der Waals surface area contributed by atoms with E-state index < -0.39 is 0 Å². The molecule has 0 N–H and O–H groups in total. The van der Waals surface area contributed by atoms with E-state index in [1.807, 2.05) is 43.8 Å². The van der Waals surface area contributed by atoms with Crippen molar-refractivity contribution in [2.75, 3.05) is 36.0 Å². The number of carbonyl (C=O) groups excluding carboxylic acids is 1. The number of benzene rings is 2. The first kappa shape index (κ1) is 22.8. The van der Waals surface area contributed by atoms with Crippen LogP contribution in [-0.2, 0) is 13.5 Å². The summed E-state index contributed by atoms with van der Waals surface area (Å²) in [6, 6.07) is 20.1. The Bertz CT molecular complexity index is 1540. The smallest absolute Gasteiger partial charge is 0.187 e. The molecule has 4 heterocycles. The quantitative estimate of drug-likeness (QED) is 0.331. The van der Waals surface area contributed by atoms with Gasteiger partial charge in [0.2, 0.25) is 0 Å². The van der Waals surface area contributed by atoms with Crippen LogP contribution in [0.1, 0.15) is 16.1 Å². The van der Waals surface area contributed by atoms with Crippen LogP contribution in [0.5, 0.6) is 0 Å². The Labute approximate surface area is 215 Å². The zero-order valence-corrected chi connectivity index (χ0v) is 20.7. The molecular formula is C29H27N7O. The van der Waals surface area contributed by atoms with E-state index >= 15 is 0 Å². The van der Waals surface area contributed by atoms with Crippen molar-refractivity contribution >= 4 is 28.3 Å². The number of ketones is 1. The summed E-state index contributed by atoms with van der Waals surface area (Å²) < 4.78 is 1.65. The molecule has 5 aromatic rings. The summed E-state index contributed by atoms with van der Waals surface area (Å²) in [4.78, 5) is 30.9. The highest BCUT2D eigenvalue weighted by Gasteiger charge is 2.19. The molecule has 1 saturated heterocycles. The number of carbonyl (C=O) groups is 1. The van der Waals surface area contributed by atoms with Crippen LogP contribution in [-0.4, -0.2) is 56.7 Å². The lowest BCUT2D eigenvalue weighted by molar-refractivity contribution is 0.0987. The summed E-state index contributed by atoms with van der Waals surface area (Å²) in [6.07, 6.45) is 7.66. The molecule has 1 aliphatic heterocycles. The van der Waals surface area contributed by atoms with Crippen molar-refractivity contribution in [2.45, 2.75) is 6.42 Å². The van der Waals surface area contributed by atoms with E-state index in [4.69, 9.17) is 4.98 Å². The lowest BCUT2D eigenvalue weighted by atomic mass is 10.0. The molecule has 0 atom stereocenters. The van der Waals surface area contributed by atoms with Crippen molar-refractivity contribution in [1.82, 2.24) is 24.7 Å². The maximum atomic E-state index is 12.5. The Balaban J connectivity index is 1.16. The molecular weight excluding hydrogens is 462 g/mol. The van der Waals surface area contributed by atoms with E-state index in [-0.39, 0.29) is 5.78 Å². The van der Waals surface area contributed by atoms with Crippen molar-refractivity contribution in [3.63, 3.8) is 0 Å². The molecule has 0 bridgehead atoms. The molecule has 184 valence electrons. The lowest BCUT2D eigenvalue weighted by Crippen LogP contribution is -2.46. The van der Waals surface area contributed by atoms with E-state index in [1.54, 1.807) is 16.9 Å². The number of pyridine rings is 1. The van der Waals surface area contributed by atoms with Crippen molar-refractivity contribution in [2.24, 2.45) is 7.05 Å². The van der Waals surface area contributed by atoms with Crippen LogP contribution in [0.25, 0.3) is 22.2 Å². The van der Waals surface area contributed by atoms with E-state index in [0.29, 0.717) is 12.1 Å². The number of nitrogens with zero attached hydrogens (tertiary/aromatic N) is 7. The number of fused-ring (bicyclic) bond motifs is 1. The summed E-state index contributed by atoms with van der Waals surface area (Å²) in [6.45, 7) is 3.64. The third kappa shape index (κ3) is 4.91. The van der Waals surface area contributed by atoms with Crippen molar-refractivity contribution < 1.29 is 4.79 Å². The third-order valence-corrected chi connectivity index (χ3v) is 6.81. The van der Waals surface area contributed by atoms with Gasteiger partial charge in [0.25, 0.3) is 0 Å². The van der Waals surface area contributed by atoms with Gasteiger partial charge < -0.3 is 9.80 Å². The molecule has 1 fully saturated rings. The van der Waals surface area contributed by atoms with Crippen LogP contribution < -0.4 is 9.80 Å². The van der Waals surface area contributed by atoms with Gasteiger partial charge in [-0.05, 0) is 47.0 Å². The molecule has 0 spiro atoms. The van der Waals surface area contributed by atoms with Crippen LogP contribution in [0.3, 0.4) is 0 Å². The average molecular weight is 490 g/mol. The summed E-state index contributed by atoms with van der Waals surface area (Å²) in [5.74, 6) is 0.922. The number of aryl methyl sites for hydroxylation is 1. The van der Waals surface area contributed by atoms with Gasteiger partial charge in [0.15, 0.2) is 5.78 Å². The highest BCUT2D eigenvalue weighted by molar-refractivity contribution is 5.95. The van der Waals surface area contributed by atoms with E-state index in [9.17, 15) is 4.79 Å². The van der Waals surface area contributed by atoms with Gasteiger partial charge in [-0.2, -0.15) is 5.10 Å². The average Bonchev–Trinajstić information content (AvgIpc) is 3.40. The molecule has 6 rings (SSSR count). The minimum atomic E-state index is 0.0171. The summed E-state index contributed by atoms with van der Waals surface area (Å²) in [5, 5.41) is 4.21. The van der Waals surface area contributed by atoms with Crippen LogP contribution in [0.2, 0.25) is 0 Å². The fourth-order valence-electron chi connectivity index (χ4n) is 4.74. The number of rotatable bonds is 6. The van der Waals surface area contributed by atoms with Gasteiger partial charge in [-0.1, -0.05) is 30.3 Å². The Hall–Kier alpha value is -4.59. The zero-order valence-electron chi connectivity index (χ0n) is 20.7. The van der Waals surface area contributed by atoms with Crippen LogP contribution in [0.15, 0.2) is 85.5 Å². The first-order valence-electron chi connectivity index (χ1n) is 12.4. The minimum Gasteiger partial charge on any atom is -0.368 e. The number of hydrogen-bond donors (Lipinski definition) is 0. The van der Waals surface area contributed by atoms with Gasteiger partial charge in [-0.25, -0.2) is 4.98 Å². The monoisotopic (exact) mass is 489 g/mol. The second-order valence-corrected chi connectivity index (χ2v) is 9.28. The van der Waals surface area contributed by atoms with E-state index in [0.717, 1.165) is 59.7 Å². The Morgan fingerprint density at radius 2 is 1.57 bits per heavy atom. The Morgan fingerprint density at radius 1 is 0.838 bits per heavy atom. The largest absolute Gasteiger partial charge is 0.368 e. The predicted octanol–water partition coefficient (Wildman–Crippen LogP) is 4.18. The molecule has 3 aromatic heterocycles. The predicted molar refractivity (Wildman–Crippen MR) is 145 cm³/mol. The maximum Gasteiger partial charge on any atom is 0.187 e. The maximum absolute atomic E-state index is 12.5. The van der Waals surface area contributed by atoms with Gasteiger partial charge >= 0.3 is 0 Å². The zero-order chi connectivity index (χ0) is 25.2. The van der Waals surface area contributed by atoms with Crippen molar-refractivity contribution in [1.29, 1.82) is 0 Å². The Morgan fingerprint density at radius 3 is 2.30 bits per heavy atom. The molecule has 37 heavy (non-hydrogen) atoms. The highest BCUT2D eigenvalue weighted by atomic mass is 16.1. The van der Waals surface area contributed by atoms with Crippen LogP contribution >= 0.6 is 0 Å². The molecule has 0 amide bonds. The minimum absolute atomic E-state index is 0.0171. The first-order valence-corrected chi connectivity index (χ1v) is 12.4. The molecule has 1 aliphatic rings. The fourth-order valence-corrected chi connectivity index (χ4v) is 4.74. The SMILES string of the molecule is Cn1ccc(C(=O)Cc2ccc(-c3ccc4ncc(N5CCN(c6ccncc6)CC5)nc4c3)cc2)n1. The van der Waals surface area contributed by atoms with Crippen molar-refractivity contribution in [3.05, 3.63) is 96.7 Å². The molecule has 8 heteroatoms. The van der Waals surface area contributed by atoms with E-state index in [2.05, 4.69) is 61.3 Å². The number of piperazine rings is 1. The molecule has 0 radical (unpaired) electrons. The number of hydrogen-bond acceptors (Lipinski definition) is 7. The van der Waals surface area contributed by atoms with Gasteiger partial charge in [-0.3, -0.25) is 19.4 Å². The van der Waals surface area contributed by atoms with E-state index in [1.165, 1.54) is 5.69 Å². The molecule has 2 aromatic carbocycles. The summed E-state index contributed by atoms with van der Waals surface area (Å²) in [7, 11) is 1.81. The Kier molecular flexibility index (Phi) is 6.06. The first-order chi connectivity index (χ1) is 18.1. The molecule has 0 saturated carbocycles. The summed E-state index contributed by atoms with van der Waals surface area (Å²) in [5.41, 5.74) is 6.57. The topological polar surface area (TPSA) is 80.0 Å². The van der Waals surface area contributed by atoms with Crippen LogP contribution in [0.4, 0.5) is 11.5 Å². The highest BCUT2D eigenvalue weighted by Crippen LogP contribution is 2.26. The second-order valence-electron chi connectivity index (χ2n) is 9.28. The van der Waals surface area contributed by atoms with Gasteiger partial charge in [-0.15, -0.1) is 0 Å². The van der Waals surface area contributed by atoms with Gasteiger partial charge in [0.05, 0.1) is 17.2 Å². The summed E-state index contributed by atoms with van der Waals surface area (Å²) >= 11 is 0. The normalized spacial score (nSPS) is 13.8.